The van der Waals surface area contributed by atoms with E-state index in [1.807, 2.05) is 72.9 Å². The standard InChI is InChI=1S/2C22H32O2/c2*1-2-3-4-5-6-7-8-9-10-11-12-13-14-15-16-17-18-19-20-21-22(23)24/h2*10-21H,2-9H2,1H3,(H,23,24)/b2*11-10+,13-12+,15-14+,17-16+,19-18+,21-20+. The SMILES string of the molecule is CCCCCCCCC/C=C/C=C/C=C/C=C/C=C/C=C/C(=O)O.CCCCCCCCC/C=C/C=C/C=C/C=C/C=C/C=C/C(=O)O. The Bertz CT molecular complexity index is 1010. The van der Waals surface area contributed by atoms with E-state index in [1.54, 1.807) is 24.3 Å². The van der Waals surface area contributed by atoms with E-state index in [1.165, 1.54) is 102 Å². The fourth-order valence-corrected chi connectivity index (χ4v) is 4.09. The van der Waals surface area contributed by atoms with Gasteiger partial charge in [0, 0.05) is 12.2 Å². The van der Waals surface area contributed by atoms with Gasteiger partial charge in [-0.05, 0) is 25.7 Å². The molecule has 0 aliphatic heterocycles. The van der Waals surface area contributed by atoms with Crippen LogP contribution in [0.25, 0.3) is 0 Å². The highest BCUT2D eigenvalue weighted by molar-refractivity contribution is 5.80. The Hall–Kier alpha value is -4.18. The van der Waals surface area contributed by atoms with Crippen LogP contribution >= 0.6 is 0 Å². The molecule has 0 atom stereocenters. The molecule has 0 bridgehead atoms. The molecule has 0 aliphatic rings. The summed E-state index contributed by atoms with van der Waals surface area (Å²) >= 11 is 0. The third-order valence-corrected chi connectivity index (χ3v) is 6.70. The van der Waals surface area contributed by atoms with Crippen LogP contribution in [0.4, 0.5) is 0 Å². The topological polar surface area (TPSA) is 74.6 Å². The Labute approximate surface area is 293 Å². The number of carboxylic acids is 2. The van der Waals surface area contributed by atoms with E-state index in [-0.39, 0.29) is 0 Å². The maximum atomic E-state index is 10.2. The number of unbranched alkanes of at least 4 members (excludes halogenated alkanes) is 14. The Morgan fingerprint density at radius 2 is 0.562 bits per heavy atom. The zero-order valence-electron chi connectivity index (χ0n) is 29.9. The Kier molecular flexibility index (Phi) is 41.0. The van der Waals surface area contributed by atoms with Gasteiger partial charge in [0.15, 0.2) is 0 Å². The van der Waals surface area contributed by atoms with Crippen molar-refractivity contribution < 1.29 is 19.8 Å². The van der Waals surface area contributed by atoms with Crippen molar-refractivity contribution in [2.45, 2.75) is 117 Å². The minimum atomic E-state index is -0.936. The van der Waals surface area contributed by atoms with Crippen LogP contribution in [-0.2, 0) is 9.59 Å². The van der Waals surface area contributed by atoms with Crippen LogP contribution in [0, 0.1) is 0 Å². The zero-order chi connectivity index (χ0) is 35.4. The van der Waals surface area contributed by atoms with Gasteiger partial charge in [-0.3, -0.25) is 0 Å². The molecule has 0 unspecified atom stereocenters. The van der Waals surface area contributed by atoms with Gasteiger partial charge >= 0.3 is 11.9 Å². The average molecular weight is 657 g/mol. The van der Waals surface area contributed by atoms with Gasteiger partial charge in [0.1, 0.15) is 0 Å². The molecule has 2 N–H and O–H groups in total. The minimum Gasteiger partial charge on any atom is -0.478 e. The molecule has 0 aromatic rings. The lowest BCUT2D eigenvalue weighted by molar-refractivity contribution is -0.132. The molecule has 4 nitrogen and oxygen atoms in total. The second kappa shape index (κ2) is 42.8. The van der Waals surface area contributed by atoms with Gasteiger partial charge in [0.25, 0.3) is 0 Å². The molecular weight excluding hydrogens is 592 g/mol. The number of aliphatic carboxylic acids is 2. The fourth-order valence-electron chi connectivity index (χ4n) is 4.09. The molecule has 264 valence electrons. The van der Waals surface area contributed by atoms with Gasteiger partial charge in [-0.2, -0.15) is 0 Å². The number of carboxylic acid groups (broad SMARTS) is 2. The normalized spacial score (nSPS) is 13.0. The van der Waals surface area contributed by atoms with Crippen LogP contribution in [0.3, 0.4) is 0 Å². The van der Waals surface area contributed by atoms with Crippen LogP contribution in [0.2, 0.25) is 0 Å². The van der Waals surface area contributed by atoms with E-state index < -0.39 is 11.9 Å². The summed E-state index contributed by atoms with van der Waals surface area (Å²) in [6, 6.07) is 0. The van der Waals surface area contributed by atoms with Crippen molar-refractivity contribution in [3.63, 3.8) is 0 Å². The van der Waals surface area contributed by atoms with Gasteiger partial charge in [-0.15, -0.1) is 0 Å². The second-order valence-corrected chi connectivity index (χ2v) is 11.2. The molecule has 0 aromatic heterocycles. The summed E-state index contributed by atoms with van der Waals surface area (Å²) in [5, 5.41) is 16.8. The first-order valence-corrected chi connectivity index (χ1v) is 18.0. The zero-order valence-corrected chi connectivity index (χ0v) is 29.9. The van der Waals surface area contributed by atoms with E-state index in [2.05, 4.69) is 38.2 Å². The van der Waals surface area contributed by atoms with Gasteiger partial charge in [-0.1, -0.05) is 225 Å². The molecule has 0 heterocycles. The molecule has 4 heteroatoms. The largest absolute Gasteiger partial charge is 0.478 e. The van der Waals surface area contributed by atoms with E-state index in [0.717, 1.165) is 25.0 Å². The van der Waals surface area contributed by atoms with E-state index in [0.29, 0.717) is 0 Å². The van der Waals surface area contributed by atoms with E-state index in [4.69, 9.17) is 10.2 Å². The molecule has 0 saturated heterocycles. The molecule has 0 rings (SSSR count). The quantitative estimate of drug-likeness (QED) is 0.0499. The van der Waals surface area contributed by atoms with E-state index >= 15 is 0 Å². The third-order valence-electron chi connectivity index (χ3n) is 6.70. The minimum absolute atomic E-state index is 0.936. The summed E-state index contributed by atoms with van der Waals surface area (Å²) in [5.74, 6) is -1.87. The predicted octanol–water partition coefficient (Wildman–Crippen LogP) is 13.1. The Morgan fingerprint density at radius 3 is 0.833 bits per heavy atom. The number of hydrogen-bond donors (Lipinski definition) is 2. The van der Waals surface area contributed by atoms with Gasteiger partial charge in [0.2, 0.25) is 0 Å². The lowest BCUT2D eigenvalue weighted by atomic mass is 10.1. The van der Waals surface area contributed by atoms with Crippen molar-refractivity contribution in [3.8, 4) is 0 Å². The molecule has 0 amide bonds. The maximum absolute atomic E-state index is 10.2. The smallest absolute Gasteiger partial charge is 0.328 e. The first kappa shape index (κ1) is 45.9. The number of rotatable bonds is 28. The highest BCUT2D eigenvalue weighted by Crippen LogP contribution is 2.09. The molecule has 0 aromatic carbocycles. The molecular formula is C44H64O4. The molecule has 0 fully saturated rings. The summed E-state index contributed by atoms with van der Waals surface area (Å²) in [5.41, 5.74) is 0. The first-order valence-electron chi connectivity index (χ1n) is 18.0. The fraction of sp³-hybridized carbons (Fsp3) is 0.409. The number of carbonyl (C=O) groups is 2. The van der Waals surface area contributed by atoms with Gasteiger partial charge in [0.05, 0.1) is 0 Å². The van der Waals surface area contributed by atoms with Crippen molar-refractivity contribution in [2.24, 2.45) is 0 Å². The number of hydrogen-bond acceptors (Lipinski definition) is 2. The van der Waals surface area contributed by atoms with Gasteiger partial charge < -0.3 is 10.2 Å². The van der Waals surface area contributed by atoms with Crippen molar-refractivity contribution in [1.29, 1.82) is 0 Å². The van der Waals surface area contributed by atoms with Crippen LogP contribution in [0.5, 0.6) is 0 Å². The van der Waals surface area contributed by atoms with E-state index in [9.17, 15) is 9.59 Å². The second-order valence-electron chi connectivity index (χ2n) is 11.2. The Balaban J connectivity index is 0. The highest BCUT2D eigenvalue weighted by Gasteiger charge is 1.90. The number of allylic oxidation sites excluding steroid dienone is 22. The Morgan fingerprint density at radius 1 is 0.333 bits per heavy atom. The molecule has 0 spiro atoms. The summed E-state index contributed by atoms with van der Waals surface area (Å²) < 4.78 is 0. The predicted molar refractivity (Wildman–Crippen MR) is 210 cm³/mol. The first-order chi connectivity index (χ1) is 23.5. The van der Waals surface area contributed by atoms with Crippen LogP contribution in [-0.4, -0.2) is 22.2 Å². The van der Waals surface area contributed by atoms with Crippen LogP contribution < -0.4 is 0 Å². The monoisotopic (exact) mass is 656 g/mol. The molecule has 0 saturated carbocycles. The van der Waals surface area contributed by atoms with Crippen molar-refractivity contribution >= 4 is 11.9 Å². The average Bonchev–Trinajstić information content (AvgIpc) is 3.07. The summed E-state index contributed by atoms with van der Waals surface area (Å²) in [6.07, 6.45) is 65.5. The lowest BCUT2D eigenvalue weighted by Crippen LogP contribution is -1.84. The molecule has 0 radical (unpaired) electrons. The summed E-state index contributed by atoms with van der Waals surface area (Å²) in [6.45, 7) is 4.51. The van der Waals surface area contributed by atoms with Gasteiger partial charge in [-0.25, -0.2) is 9.59 Å². The highest BCUT2D eigenvalue weighted by atomic mass is 16.4. The molecule has 48 heavy (non-hydrogen) atoms. The summed E-state index contributed by atoms with van der Waals surface area (Å²) in [4.78, 5) is 20.4. The van der Waals surface area contributed by atoms with Crippen LogP contribution in [0.1, 0.15) is 117 Å². The van der Waals surface area contributed by atoms with Crippen LogP contribution in [0.15, 0.2) is 146 Å². The van der Waals surface area contributed by atoms with Crippen molar-refractivity contribution in [1.82, 2.24) is 0 Å². The third kappa shape index (κ3) is 48.7. The lowest BCUT2D eigenvalue weighted by Gasteiger charge is -1.98. The molecule has 0 aliphatic carbocycles. The van der Waals surface area contributed by atoms with Crippen molar-refractivity contribution in [3.05, 3.63) is 146 Å². The van der Waals surface area contributed by atoms with Crippen molar-refractivity contribution in [2.75, 3.05) is 0 Å². The maximum Gasteiger partial charge on any atom is 0.328 e. The summed E-state index contributed by atoms with van der Waals surface area (Å²) in [7, 11) is 0.